The monoisotopic (exact) mass is 266 g/mol. The van der Waals surface area contributed by atoms with Crippen LogP contribution in [0.3, 0.4) is 0 Å². The highest BCUT2D eigenvalue weighted by atomic mass is 16.5. The van der Waals surface area contributed by atoms with Crippen LogP contribution >= 0.6 is 0 Å². The van der Waals surface area contributed by atoms with Crippen LogP contribution in [0.25, 0.3) is 0 Å². The Morgan fingerprint density at radius 2 is 2.26 bits per heavy atom. The molecule has 1 amide bonds. The van der Waals surface area contributed by atoms with Gasteiger partial charge in [-0.25, -0.2) is 5.84 Å². The maximum atomic E-state index is 11.3. The van der Waals surface area contributed by atoms with Crippen LogP contribution in [0.1, 0.15) is 29.9 Å². The predicted octanol–water partition coefficient (Wildman–Crippen LogP) is 0.542. The second kappa shape index (κ2) is 7.83. The molecule has 0 radical (unpaired) electrons. The van der Waals surface area contributed by atoms with Crippen LogP contribution in [-0.4, -0.2) is 42.1 Å². The molecule has 0 spiro atoms. The molecule has 106 valence electrons. The molecule has 0 aliphatic carbocycles. The second-order valence-electron chi connectivity index (χ2n) is 4.57. The number of methoxy groups -OCH3 is 1. The Kier molecular flexibility index (Phi) is 6.41. The van der Waals surface area contributed by atoms with Crippen molar-refractivity contribution in [2.75, 3.05) is 20.3 Å². The number of nitrogen functional groups attached to an aromatic ring is 1. The first-order valence-electron chi connectivity index (χ1n) is 6.27. The Labute approximate surface area is 113 Å². The molecule has 0 aliphatic rings. The molecule has 0 bridgehead atoms. The summed E-state index contributed by atoms with van der Waals surface area (Å²) in [5.41, 5.74) is 3.45. The molecule has 0 aliphatic heterocycles. The Hall–Kier alpha value is -1.50. The summed E-state index contributed by atoms with van der Waals surface area (Å²) in [5.74, 6) is 4.73. The number of nitrogens with one attached hydrogen (secondary N) is 1. The lowest BCUT2D eigenvalue weighted by molar-refractivity contribution is 0.0953. The van der Waals surface area contributed by atoms with Crippen molar-refractivity contribution in [3.63, 3.8) is 0 Å². The van der Waals surface area contributed by atoms with Gasteiger partial charge in [0.25, 0.3) is 5.91 Å². The summed E-state index contributed by atoms with van der Waals surface area (Å²) in [7, 11) is 1.69. The van der Waals surface area contributed by atoms with Crippen molar-refractivity contribution < 1.29 is 9.53 Å². The largest absolute Gasteiger partial charge is 0.383 e. The molecule has 0 aromatic carbocycles. The first-order valence-corrected chi connectivity index (χ1v) is 6.27. The molecule has 19 heavy (non-hydrogen) atoms. The summed E-state index contributed by atoms with van der Waals surface area (Å²) in [6.45, 7) is 6.52. The minimum Gasteiger partial charge on any atom is -0.383 e. The number of nitrogens with two attached hydrogens (primary N) is 1. The lowest BCUT2D eigenvalue weighted by atomic mass is 10.2. The molecule has 1 rings (SSSR count). The fraction of sp³-hybridized carbons (Fsp3) is 0.538. The van der Waals surface area contributed by atoms with Crippen LogP contribution in [0.4, 0.5) is 0 Å². The third-order valence-corrected chi connectivity index (χ3v) is 2.90. The average molecular weight is 266 g/mol. The molecule has 3 N–H and O–H groups in total. The molecule has 1 heterocycles. The normalized spacial score (nSPS) is 11.1. The Bertz CT molecular complexity index is 392. The van der Waals surface area contributed by atoms with E-state index in [2.05, 4.69) is 29.2 Å². The smallest absolute Gasteiger partial charge is 0.266 e. The minimum absolute atomic E-state index is 0.334. The van der Waals surface area contributed by atoms with Crippen LogP contribution in [0.15, 0.2) is 18.3 Å². The van der Waals surface area contributed by atoms with Gasteiger partial charge in [-0.2, -0.15) is 0 Å². The standard InChI is InChI=1S/C13H22N4O2/c1-10(2)17(6-7-19-3)9-12-5-4-11(8-15-12)13(18)16-14/h4-5,8,10H,6-7,9,14H2,1-3H3,(H,16,18). The summed E-state index contributed by atoms with van der Waals surface area (Å²) >= 11 is 0. The molecule has 1 aromatic heterocycles. The van der Waals surface area contributed by atoms with Crippen molar-refractivity contribution in [2.24, 2.45) is 5.84 Å². The highest BCUT2D eigenvalue weighted by molar-refractivity contribution is 5.93. The number of carbonyl (C=O) groups excluding carboxylic acids is 1. The van der Waals surface area contributed by atoms with Crippen LogP contribution in [0.5, 0.6) is 0 Å². The Morgan fingerprint density at radius 3 is 2.74 bits per heavy atom. The third-order valence-electron chi connectivity index (χ3n) is 2.90. The van der Waals surface area contributed by atoms with Gasteiger partial charge in [-0.15, -0.1) is 0 Å². The van der Waals surface area contributed by atoms with E-state index in [4.69, 9.17) is 10.6 Å². The molecule has 1 aromatic rings. The van der Waals surface area contributed by atoms with E-state index < -0.39 is 0 Å². The molecule has 0 saturated heterocycles. The Balaban J connectivity index is 2.66. The van der Waals surface area contributed by atoms with E-state index in [1.165, 1.54) is 6.20 Å². The fourth-order valence-corrected chi connectivity index (χ4v) is 1.67. The molecular formula is C13H22N4O2. The van der Waals surface area contributed by atoms with Gasteiger partial charge in [-0.05, 0) is 26.0 Å². The van der Waals surface area contributed by atoms with Crippen LogP contribution in [0.2, 0.25) is 0 Å². The molecule has 0 fully saturated rings. The molecule has 6 nitrogen and oxygen atoms in total. The zero-order valence-electron chi connectivity index (χ0n) is 11.7. The number of carbonyl (C=O) groups is 1. The zero-order chi connectivity index (χ0) is 14.3. The lowest BCUT2D eigenvalue weighted by Crippen LogP contribution is -2.33. The van der Waals surface area contributed by atoms with Gasteiger partial charge < -0.3 is 4.74 Å². The summed E-state index contributed by atoms with van der Waals surface area (Å²) in [6, 6.07) is 3.97. The quantitative estimate of drug-likeness (QED) is 0.428. The molecule has 0 unspecified atom stereocenters. The van der Waals surface area contributed by atoms with Gasteiger partial charge in [0.15, 0.2) is 0 Å². The lowest BCUT2D eigenvalue weighted by Gasteiger charge is -2.25. The van der Waals surface area contributed by atoms with Gasteiger partial charge in [0.2, 0.25) is 0 Å². The number of hydrazine groups is 1. The number of amides is 1. The van der Waals surface area contributed by atoms with Crippen molar-refractivity contribution >= 4 is 5.91 Å². The van der Waals surface area contributed by atoms with Crippen LogP contribution in [-0.2, 0) is 11.3 Å². The number of nitrogens with zero attached hydrogens (tertiary/aromatic N) is 2. The number of aromatic nitrogens is 1. The maximum absolute atomic E-state index is 11.3. The van der Waals surface area contributed by atoms with Crippen molar-refractivity contribution in [3.8, 4) is 0 Å². The Morgan fingerprint density at radius 1 is 1.53 bits per heavy atom. The third kappa shape index (κ3) is 4.94. The fourth-order valence-electron chi connectivity index (χ4n) is 1.67. The summed E-state index contributed by atoms with van der Waals surface area (Å²) in [5, 5.41) is 0. The predicted molar refractivity (Wildman–Crippen MR) is 73.3 cm³/mol. The molecular weight excluding hydrogens is 244 g/mol. The first-order chi connectivity index (χ1) is 9.08. The number of rotatable bonds is 7. The number of hydrogen-bond acceptors (Lipinski definition) is 5. The van der Waals surface area contributed by atoms with E-state index >= 15 is 0 Å². The van der Waals surface area contributed by atoms with E-state index in [1.54, 1.807) is 13.2 Å². The highest BCUT2D eigenvalue weighted by Crippen LogP contribution is 2.07. The van der Waals surface area contributed by atoms with Gasteiger partial charge in [0, 0.05) is 32.4 Å². The van der Waals surface area contributed by atoms with Crippen molar-refractivity contribution in [1.82, 2.24) is 15.3 Å². The molecule has 0 atom stereocenters. The summed E-state index contributed by atoms with van der Waals surface area (Å²) < 4.78 is 5.10. The first kappa shape index (κ1) is 15.6. The molecule has 0 saturated carbocycles. The average Bonchev–Trinajstić information content (AvgIpc) is 2.43. The summed E-state index contributed by atoms with van der Waals surface area (Å²) in [4.78, 5) is 17.8. The van der Waals surface area contributed by atoms with Crippen molar-refractivity contribution in [3.05, 3.63) is 29.6 Å². The number of hydrogen-bond donors (Lipinski definition) is 2. The van der Waals surface area contributed by atoms with E-state index in [0.717, 1.165) is 18.8 Å². The van der Waals surface area contributed by atoms with Crippen molar-refractivity contribution in [1.29, 1.82) is 0 Å². The zero-order valence-corrected chi connectivity index (χ0v) is 11.7. The van der Waals surface area contributed by atoms with Gasteiger partial charge in [-0.1, -0.05) is 0 Å². The SMILES string of the molecule is COCCN(Cc1ccc(C(=O)NN)cn1)C(C)C. The van der Waals surface area contributed by atoms with Gasteiger partial charge in [0.05, 0.1) is 17.9 Å². The number of ether oxygens (including phenoxy) is 1. The molecule has 6 heteroatoms. The van der Waals surface area contributed by atoms with Crippen LogP contribution in [0, 0.1) is 0 Å². The van der Waals surface area contributed by atoms with E-state index in [-0.39, 0.29) is 5.91 Å². The van der Waals surface area contributed by atoms with E-state index in [9.17, 15) is 4.79 Å². The van der Waals surface area contributed by atoms with Gasteiger partial charge >= 0.3 is 0 Å². The summed E-state index contributed by atoms with van der Waals surface area (Å²) in [6.07, 6.45) is 1.53. The highest BCUT2D eigenvalue weighted by Gasteiger charge is 2.11. The van der Waals surface area contributed by atoms with Crippen LogP contribution < -0.4 is 11.3 Å². The minimum atomic E-state index is -0.334. The number of pyridine rings is 1. The van der Waals surface area contributed by atoms with Crippen molar-refractivity contribution in [2.45, 2.75) is 26.4 Å². The van der Waals surface area contributed by atoms with Gasteiger partial charge in [-0.3, -0.25) is 20.1 Å². The van der Waals surface area contributed by atoms with E-state index in [1.807, 2.05) is 6.07 Å². The second-order valence-corrected chi connectivity index (χ2v) is 4.57. The maximum Gasteiger partial charge on any atom is 0.266 e. The van der Waals surface area contributed by atoms with E-state index in [0.29, 0.717) is 18.2 Å². The van der Waals surface area contributed by atoms with Gasteiger partial charge in [0.1, 0.15) is 0 Å². The topological polar surface area (TPSA) is 80.5 Å².